The molecule has 1 rings (SSSR count). The van der Waals surface area contributed by atoms with Gasteiger partial charge in [0.2, 0.25) is 0 Å². The molecule has 0 amide bonds. The zero-order valence-electron chi connectivity index (χ0n) is 17.9. The number of benzene rings is 1. The van der Waals surface area contributed by atoms with E-state index < -0.39 is 0 Å². The molecule has 26 heavy (non-hydrogen) atoms. The third kappa shape index (κ3) is 9.38. The Balaban J connectivity index is 2.76. The van der Waals surface area contributed by atoms with Crippen LogP contribution >= 0.6 is 0 Å². The van der Waals surface area contributed by atoms with Gasteiger partial charge >= 0.3 is 5.97 Å². The number of hydrogen-bond acceptors (Lipinski definition) is 3. The summed E-state index contributed by atoms with van der Waals surface area (Å²) in [5.74, 6) is 0.518. The molecule has 1 aromatic rings. The molecular weight excluding hydrogens is 322 g/mol. The van der Waals surface area contributed by atoms with Crippen LogP contribution in [0.25, 0.3) is 0 Å². The van der Waals surface area contributed by atoms with E-state index in [9.17, 15) is 4.79 Å². The Labute approximate surface area is 160 Å². The Kier molecular flexibility index (Phi) is 9.35. The van der Waals surface area contributed by atoms with Gasteiger partial charge in [0.15, 0.2) is 0 Å². The number of carbonyl (C=O) groups excluding carboxylic acids is 1. The molecule has 0 saturated carbocycles. The molecule has 0 saturated heterocycles. The first-order valence-electron chi connectivity index (χ1n) is 10.1. The Morgan fingerprint density at radius 3 is 2.08 bits per heavy atom. The first-order valence-corrected chi connectivity index (χ1v) is 10.1. The van der Waals surface area contributed by atoms with Gasteiger partial charge in [0.25, 0.3) is 0 Å². The quantitative estimate of drug-likeness (QED) is 0.401. The van der Waals surface area contributed by atoms with Gasteiger partial charge in [-0.15, -0.1) is 0 Å². The van der Waals surface area contributed by atoms with Crippen molar-refractivity contribution in [1.29, 1.82) is 0 Å². The van der Waals surface area contributed by atoms with Gasteiger partial charge in [-0.1, -0.05) is 66.0 Å². The highest BCUT2D eigenvalue weighted by atomic mass is 16.5. The minimum atomic E-state index is -0.248. The van der Waals surface area contributed by atoms with Gasteiger partial charge in [0.1, 0.15) is 0 Å². The molecular formula is C23H39NO2. The average Bonchev–Trinajstić information content (AvgIpc) is 2.52. The van der Waals surface area contributed by atoms with E-state index in [-0.39, 0.29) is 17.5 Å². The molecule has 1 N–H and O–H groups in total. The number of carbonyl (C=O) groups is 1. The summed E-state index contributed by atoms with van der Waals surface area (Å²) in [6.07, 6.45) is 4.80. The van der Waals surface area contributed by atoms with Crippen molar-refractivity contribution in [2.24, 2.45) is 11.3 Å². The van der Waals surface area contributed by atoms with Crippen LogP contribution < -0.4 is 5.32 Å². The molecule has 148 valence electrons. The predicted octanol–water partition coefficient (Wildman–Crippen LogP) is 6.15. The van der Waals surface area contributed by atoms with E-state index in [1.54, 1.807) is 0 Å². The van der Waals surface area contributed by atoms with Crippen LogP contribution in [0.1, 0.15) is 96.1 Å². The number of esters is 1. The fourth-order valence-corrected chi connectivity index (χ4v) is 2.85. The number of unbranched alkanes of at least 4 members (excludes halogenated alkanes) is 1. The third-order valence-electron chi connectivity index (χ3n) is 4.29. The highest BCUT2D eigenvalue weighted by Crippen LogP contribution is 2.23. The maximum atomic E-state index is 12.0. The summed E-state index contributed by atoms with van der Waals surface area (Å²) < 4.78 is 5.28. The van der Waals surface area contributed by atoms with Crippen LogP contribution in [-0.4, -0.2) is 18.6 Å². The molecule has 0 aliphatic rings. The van der Waals surface area contributed by atoms with E-state index in [2.05, 4.69) is 52.1 Å². The highest BCUT2D eigenvalue weighted by molar-refractivity contribution is 5.89. The number of hydrogen-bond donors (Lipinski definition) is 1. The van der Waals surface area contributed by atoms with E-state index in [0.29, 0.717) is 11.6 Å². The second-order valence-electron chi connectivity index (χ2n) is 9.25. The van der Waals surface area contributed by atoms with E-state index >= 15 is 0 Å². The summed E-state index contributed by atoms with van der Waals surface area (Å²) in [5, 5.41) is 3.73. The molecule has 0 spiro atoms. The fraction of sp³-hybridized carbons (Fsp3) is 0.696. The van der Waals surface area contributed by atoms with Crippen molar-refractivity contribution >= 4 is 5.97 Å². The molecule has 0 bridgehead atoms. The Hall–Kier alpha value is -1.35. The van der Waals surface area contributed by atoms with Crippen molar-refractivity contribution in [2.45, 2.75) is 86.3 Å². The summed E-state index contributed by atoms with van der Waals surface area (Å²) >= 11 is 0. The van der Waals surface area contributed by atoms with Crippen molar-refractivity contribution in [2.75, 3.05) is 6.54 Å². The largest absolute Gasteiger partial charge is 0.459 e. The topological polar surface area (TPSA) is 38.3 Å². The van der Waals surface area contributed by atoms with Gasteiger partial charge in [-0.25, -0.2) is 4.79 Å². The molecule has 0 aliphatic carbocycles. The Morgan fingerprint density at radius 2 is 1.58 bits per heavy atom. The molecule has 3 heteroatoms. The van der Waals surface area contributed by atoms with Gasteiger partial charge in [-0.3, -0.25) is 0 Å². The lowest BCUT2D eigenvalue weighted by atomic mass is 9.93. The predicted molar refractivity (Wildman–Crippen MR) is 110 cm³/mol. The van der Waals surface area contributed by atoms with Gasteiger partial charge in [-0.05, 0) is 49.3 Å². The van der Waals surface area contributed by atoms with Crippen LogP contribution in [-0.2, 0) is 4.74 Å². The number of ether oxygens (including phenoxy) is 1. The van der Waals surface area contributed by atoms with E-state index in [4.69, 9.17) is 4.74 Å². The lowest BCUT2D eigenvalue weighted by Crippen LogP contribution is -2.30. The van der Waals surface area contributed by atoms with Crippen molar-refractivity contribution in [1.82, 2.24) is 5.32 Å². The van der Waals surface area contributed by atoms with Crippen LogP contribution in [0.5, 0.6) is 0 Å². The monoisotopic (exact) mass is 361 g/mol. The van der Waals surface area contributed by atoms with Gasteiger partial charge in [-0.2, -0.15) is 0 Å². The van der Waals surface area contributed by atoms with E-state index in [1.165, 1.54) is 24.8 Å². The molecule has 0 aromatic heterocycles. The summed E-state index contributed by atoms with van der Waals surface area (Å²) in [7, 11) is 0. The summed E-state index contributed by atoms with van der Waals surface area (Å²) in [5.41, 5.74) is 2.12. The van der Waals surface area contributed by atoms with Gasteiger partial charge in [0, 0.05) is 12.6 Å². The van der Waals surface area contributed by atoms with E-state index in [1.807, 2.05) is 26.0 Å². The molecule has 1 atom stereocenters. The smallest absolute Gasteiger partial charge is 0.338 e. The van der Waals surface area contributed by atoms with Crippen LogP contribution in [0.15, 0.2) is 24.3 Å². The average molecular weight is 362 g/mol. The van der Waals surface area contributed by atoms with Crippen molar-refractivity contribution in [3.05, 3.63) is 35.4 Å². The molecule has 3 nitrogen and oxygen atoms in total. The van der Waals surface area contributed by atoms with Crippen LogP contribution in [0.4, 0.5) is 0 Å². The fourth-order valence-electron chi connectivity index (χ4n) is 2.85. The normalized spacial score (nSPS) is 13.3. The Morgan fingerprint density at radius 1 is 1.00 bits per heavy atom. The van der Waals surface area contributed by atoms with Crippen LogP contribution in [0.3, 0.4) is 0 Å². The molecule has 1 aromatic carbocycles. The van der Waals surface area contributed by atoms with Crippen molar-refractivity contribution in [3.8, 4) is 0 Å². The van der Waals surface area contributed by atoms with E-state index in [0.717, 1.165) is 18.9 Å². The second kappa shape index (κ2) is 10.7. The standard InChI is InChI=1S/C23H39NO2/c1-17(2)10-8-9-11-21(24-16-23(5,6)7)19-12-14-20(15-13-19)22(25)26-18(3)4/h12-15,17-18,21,24H,8-11,16H2,1-7H3/t21-/m1/s1. The van der Waals surface area contributed by atoms with Gasteiger partial charge < -0.3 is 10.1 Å². The minimum absolute atomic E-state index is 0.0932. The maximum Gasteiger partial charge on any atom is 0.338 e. The number of rotatable bonds is 10. The number of nitrogens with one attached hydrogen (secondary N) is 1. The zero-order valence-corrected chi connectivity index (χ0v) is 17.9. The summed E-state index contributed by atoms with van der Waals surface area (Å²) in [4.78, 5) is 12.0. The first kappa shape index (κ1) is 22.7. The lowest BCUT2D eigenvalue weighted by molar-refractivity contribution is 0.0378. The molecule has 0 aliphatic heterocycles. The third-order valence-corrected chi connectivity index (χ3v) is 4.29. The van der Waals surface area contributed by atoms with Crippen molar-refractivity contribution < 1.29 is 9.53 Å². The van der Waals surface area contributed by atoms with Gasteiger partial charge in [0.05, 0.1) is 11.7 Å². The lowest BCUT2D eigenvalue weighted by Gasteiger charge is -2.25. The summed E-state index contributed by atoms with van der Waals surface area (Å²) in [6, 6.07) is 8.25. The van der Waals surface area contributed by atoms with Crippen molar-refractivity contribution in [3.63, 3.8) is 0 Å². The molecule has 0 heterocycles. The van der Waals surface area contributed by atoms with Crippen LogP contribution in [0.2, 0.25) is 0 Å². The SMILES string of the molecule is CC(C)CCCC[C@@H](NCC(C)(C)C)c1ccc(C(=O)OC(C)C)cc1. The maximum absolute atomic E-state index is 12.0. The summed E-state index contributed by atoms with van der Waals surface area (Å²) in [6.45, 7) is 16.0. The molecule has 0 fully saturated rings. The second-order valence-corrected chi connectivity index (χ2v) is 9.25. The van der Waals surface area contributed by atoms with Crippen LogP contribution in [0, 0.1) is 11.3 Å². The zero-order chi connectivity index (χ0) is 19.7. The Bertz CT molecular complexity index is 526. The highest BCUT2D eigenvalue weighted by Gasteiger charge is 2.17. The molecule has 0 unspecified atom stereocenters. The molecule has 0 radical (unpaired) electrons. The minimum Gasteiger partial charge on any atom is -0.459 e. The first-order chi connectivity index (χ1) is 12.1.